The van der Waals surface area contributed by atoms with E-state index in [1.165, 1.54) is 0 Å². The molecule has 0 fully saturated rings. The molecule has 4 nitrogen and oxygen atoms in total. The Bertz CT molecular complexity index is 854. The van der Waals surface area contributed by atoms with Gasteiger partial charge >= 0.3 is 0 Å². The maximum atomic E-state index is 12.4. The molecular formula is C17H14ClNO3. The molecule has 0 aliphatic heterocycles. The first kappa shape index (κ1) is 14.5. The van der Waals surface area contributed by atoms with Gasteiger partial charge in [0.1, 0.15) is 11.3 Å². The van der Waals surface area contributed by atoms with Gasteiger partial charge in [-0.1, -0.05) is 17.7 Å². The van der Waals surface area contributed by atoms with E-state index in [1.807, 2.05) is 25.1 Å². The Morgan fingerprint density at radius 2 is 2.00 bits per heavy atom. The van der Waals surface area contributed by atoms with Crippen LogP contribution < -0.4 is 10.1 Å². The molecule has 0 bridgehead atoms. The number of ether oxygens (including phenoxy) is 1. The van der Waals surface area contributed by atoms with E-state index in [9.17, 15) is 4.79 Å². The Morgan fingerprint density at radius 1 is 1.18 bits per heavy atom. The highest BCUT2D eigenvalue weighted by molar-refractivity contribution is 6.31. The molecule has 1 amide bonds. The molecule has 0 spiro atoms. The Balaban J connectivity index is 1.91. The van der Waals surface area contributed by atoms with Gasteiger partial charge in [-0.15, -0.1) is 0 Å². The van der Waals surface area contributed by atoms with Gasteiger partial charge in [0.2, 0.25) is 0 Å². The Morgan fingerprint density at radius 3 is 2.77 bits per heavy atom. The van der Waals surface area contributed by atoms with E-state index in [2.05, 4.69) is 5.32 Å². The van der Waals surface area contributed by atoms with Crippen molar-refractivity contribution in [3.8, 4) is 5.75 Å². The second kappa shape index (κ2) is 5.73. The third kappa shape index (κ3) is 2.78. The van der Waals surface area contributed by atoms with E-state index in [0.29, 0.717) is 22.0 Å². The number of halogens is 1. The summed E-state index contributed by atoms with van der Waals surface area (Å²) in [5.74, 6) is 0.482. The highest BCUT2D eigenvalue weighted by atomic mass is 35.5. The molecule has 2 aromatic carbocycles. The van der Waals surface area contributed by atoms with Gasteiger partial charge in [-0.05, 0) is 48.9 Å². The molecule has 3 aromatic rings. The predicted octanol–water partition coefficient (Wildman–Crippen LogP) is 4.66. The lowest BCUT2D eigenvalue weighted by Crippen LogP contribution is -2.11. The number of rotatable bonds is 3. The number of furan rings is 1. The van der Waals surface area contributed by atoms with Crippen LogP contribution in [-0.2, 0) is 0 Å². The van der Waals surface area contributed by atoms with E-state index in [-0.39, 0.29) is 11.7 Å². The number of aryl methyl sites for hydroxylation is 1. The summed E-state index contributed by atoms with van der Waals surface area (Å²) in [6.07, 6.45) is 0. The summed E-state index contributed by atoms with van der Waals surface area (Å²) in [4.78, 5) is 12.4. The van der Waals surface area contributed by atoms with Crippen LogP contribution in [0.25, 0.3) is 11.0 Å². The highest BCUT2D eigenvalue weighted by Crippen LogP contribution is 2.27. The van der Waals surface area contributed by atoms with Gasteiger partial charge in [0, 0.05) is 10.4 Å². The average molecular weight is 316 g/mol. The number of carbonyl (C=O) groups is 1. The zero-order chi connectivity index (χ0) is 15.7. The van der Waals surface area contributed by atoms with Crippen LogP contribution in [0.15, 0.2) is 46.9 Å². The van der Waals surface area contributed by atoms with Crippen LogP contribution in [-0.4, -0.2) is 13.0 Å². The minimum absolute atomic E-state index is 0.223. The van der Waals surface area contributed by atoms with Crippen molar-refractivity contribution in [1.82, 2.24) is 0 Å². The van der Waals surface area contributed by atoms with E-state index >= 15 is 0 Å². The molecule has 1 N–H and O–H groups in total. The van der Waals surface area contributed by atoms with Gasteiger partial charge in [0.25, 0.3) is 5.91 Å². The van der Waals surface area contributed by atoms with Crippen molar-refractivity contribution in [1.29, 1.82) is 0 Å². The predicted molar refractivity (Wildman–Crippen MR) is 86.9 cm³/mol. The van der Waals surface area contributed by atoms with E-state index in [4.69, 9.17) is 20.8 Å². The number of carbonyl (C=O) groups excluding carboxylic acids is 1. The average Bonchev–Trinajstić information content (AvgIpc) is 2.90. The first-order valence-corrected chi connectivity index (χ1v) is 7.10. The molecule has 0 aliphatic rings. The summed E-state index contributed by atoms with van der Waals surface area (Å²) in [7, 11) is 1.56. The SMILES string of the molecule is COc1ccc(C)cc1NC(=O)c1cc2cc(Cl)ccc2o1. The van der Waals surface area contributed by atoms with Crippen LogP contribution in [0.2, 0.25) is 5.02 Å². The van der Waals surface area contributed by atoms with Crippen molar-refractivity contribution >= 4 is 34.2 Å². The van der Waals surface area contributed by atoms with Crippen LogP contribution in [0.4, 0.5) is 5.69 Å². The molecule has 0 unspecified atom stereocenters. The fourth-order valence-corrected chi connectivity index (χ4v) is 2.41. The van der Waals surface area contributed by atoms with Crippen molar-refractivity contribution in [2.45, 2.75) is 6.92 Å². The summed E-state index contributed by atoms with van der Waals surface area (Å²) in [6.45, 7) is 1.94. The third-order valence-electron chi connectivity index (χ3n) is 3.31. The first-order valence-electron chi connectivity index (χ1n) is 6.72. The molecule has 1 heterocycles. The van der Waals surface area contributed by atoms with Crippen LogP contribution >= 0.6 is 11.6 Å². The summed E-state index contributed by atoms with van der Waals surface area (Å²) in [6, 6.07) is 12.4. The number of nitrogens with one attached hydrogen (secondary N) is 1. The number of hydrogen-bond donors (Lipinski definition) is 1. The van der Waals surface area contributed by atoms with Gasteiger partial charge in [-0.3, -0.25) is 4.79 Å². The minimum atomic E-state index is -0.337. The smallest absolute Gasteiger partial charge is 0.291 e. The molecule has 5 heteroatoms. The lowest BCUT2D eigenvalue weighted by Gasteiger charge is -2.09. The fraction of sp³-hybridized carbons (Fsp3) is 0.118. The van der Waals surface area contributed by atoms with Gasteiger partial charge in [0.05, 0.1) is 12.8 Å². The second-order valence-corrected chi connectivity index (χ2v) is 5.39. The highest BCUT2D eigenvalue weighted by Gasteiger charge is 2.15. The normalized spacial score (nSPS) is 10.7. The summed E-state index contributed by atoms with van der Waals surface area (Å²) in [5.41, 5.74) is 2.24. The summed E-state index contributed by atoms with van der Waals surface area (Å²) >= 11 is 5.94. The first-order chi connectivity index (χ1) is 10.6. The van der Waals surface area contributed by atoms with E-state index in [0.717, 1.165) is 10.9 Å². The number of benzene rings is 2. The number of hydrogen-bond acceptors (Lipinski definition) is 3. The minimum Gasteiger partial charge on any atom is -0.495 e. The number of amides is 1. The van der Waals surface area contributed by atoms with Crippen molar-refractivity contribution in [2.75, 3.05) is 12.4 Å². The summed E-state index contributed by atoms with van der Waals surface area (Å²) in [5, 5.41) is 4.19. The van der Waals surface area contributed by atoms with Crippen molar-refractivity contribution in [3.63, 3.8) is 0 Å². The lowest BCUT2D eigenvalue weighted by molar-refractivity contribution is 0.0998. The van der Waals surface area contributed by atoms with Gasteiger partial charge in [-0.2, -0.15) is 0 Å². The van der Waals surface area contributed by atoms with Crippen molar-refractivity contribution in [3.05, 3.63) is 58.8 Å². The number of fused-ring (bicyclic) bond motifs is 1. The molecule has 0 atom stereocenters. The molecule has 0 saturated carbocycles. The second-order valence-electron chi connectivity index (χ2n) is 4.95. The molecular weight excluding hydrogens is 302 g/mol. The molecule has 0 radical (unpaired) electrons. The standard InChI is InChI=1S/C17H14ClNO3/c1-10-3-5-15(21-2)13(7-10)19-17(20)16-9-11-8-12(18)4-6-14(11)22-16/h3-9H,1-2H3,(H,19,20). The Kier molecular flexibility index (Phi) is 3.77. The largest absolute Gasteiger partial charge is 0.495 e. The van der Waals surface area contributed by atoms with Gasteiger partial charge in [0.15, 0.2) is 5.76 Å². The van der Waals surface area contributed by atoms with E-state index < -0.39 is 0 Å². The van der Waals surface area contributed by atoms with Crippen LogP contribution in [0.3, 0.4) is 0 Å². The quantitative estimate of drug-likeness (QED) is 0.765. The molecule has 0 saturated heterocycles. The number of anilines is 1. The topological polar surface area (TPSA) is 51.5 Å². The number of methoxy groups -OCH3 is 1. The maximum absolute atomic E-state index is 12.4. The molecule has 0 aliphatic carbocycles. The van der Waals surface area contributed by atoms with Crippen LogP contribution in [0, 0.1) is 6.92 Å². The fourth-order valence-electron chi connectivity index (χ4n) is 2.23. The molecule has 22 heavy (non-hydrogen) atoms. The third-order valence-corrected chi connectivity index (χ3v) is 3.54. The van der Waals surface area contributed by atoms with Crippen molar-refractivity contribution < 1.29 is 13.9 Å². The molecule has 3 rings (SSSR count). The zero-order valence-electron chi connectivity index (χ0n) is 12.1. The van der Waals surface area contributed by atoms with Crippen LogP contribution in [0.1, 0.15) is 16.1 Å². The lowest BCUT2D eigenvalue weighted by atomic mass is 10.2. The monoisotopic (exact) mass is 315 g/mol. The van der Waals surface area contributed by atoms with Gasteiger partial charge < -0.3 is 14.5 Å². The molecule has 112 valence electrons. The Hall–Kier alpha value is -2.46. The molecule has 1 aromatic heterocycles. The van der Waals surface area contributed by atoms with Gasteiger partial charge in [-0.25, -0.2) is 0 Å². The van der Waals surface area contributed by atoms with Crippen molar-refractivity contribution in [2.24, 2.45) is 0 Å². The zero-order valence-corrected chi connectivity index (χ0v) is 12.9. The van der Waals surface area contributed by atoms with Crippen LogP contribution in [0.5, 0.6) is 5.75 Å². The Labute approximate surface area is 132 Å². The summed E-state index contributed by atoms with van der Waals surface area (Å²) < 4.78 is 10.8. The maximum Gasteiger partial charge on any atom is 0.291 e. The van der Waals surface area contributed by atoms with E-state index in [1.54, 1.807) is 31.4 Å².